The fourth-order valence-electron chi connectivity index (χ4n) is 6.81. The molecule has 1 aromatic carbocycles. The van der Waals surface area contributed by atoms with Crippen LogP contribution in [0.5, 0.6) is 11.5 Å². The van der Waals surface area contributed by atoms with E-state index in [1.807, 2.05) is 12.2 Å². The number of benzene rings is 1. The van der Waals surface area contributed by atoms with Crippen molar-refractivity contribution in [3.8, 4) is 22.1 Å². The number of allylic oxidation sites excluding steroid dienone is 1. The minimum absolute atomic E-state index is 0.0178. The molecule has 2 aliphatic heterocycles. The summed E-state index contributed by atoms with van der Waals surface area (Å²) in [6, 6.07) is 4.97. The maximum Gasteiger partial charge on any atom is 0.408 e. The van der Waals surface area contributed by atoms with Gasteiger partial charge in [0.15, 0.2) is 5.13 Å². The normalized spacial score (nSPS) is 25.5. The number of hydrogen-bond donors (Lipinski definition) is 4. The van der Waals surface area contributed by atoms with Crippen molar-refractivity contribution < 1.29 is 43.3 Å². The molecule has 15 nitrogen and oxygen atoms in total. The molecule has 2 fully saturated rings. The summed E-state index contributed by atoms with van der Waals surface area (Å²) in [7, 11) is 1.55. The third-order valence-corrected chi connectivity index (χ3v) is 10.5. The Bertz CT molecular complexity index is 1930. The average Bonchev–Trinajstić information content (AvgIpc) is 3.38. The molecule has 3 aliphatic rings. The number of thiazole rings is 1. The molecule has 4 N–H and O–H groups in total. The van der Waals surface area contributed by atoms with Crippen molar-refractivity contribution in [1.82, 2.24) is 25.5 Å². The molecule has 3 aromatic rings. The van der Waals surface area contributed by atoms with Crippen LogP contribution < -0.4 is 25.4 Å². The van der Waals surface area contributed by atoms with E-state index in [1.165, 1.54) is 16.2 Å². The van der Waals surface area contributed by atoms with E-state index >= 15 is 0 Å². The summed E-state index contributed by atoms with van der Waals surface area (Å²) in [5.74, 6) is -1.63. The molecule has 53 heavy (non-hydrogen) atoms. The molecule has 16 heteroatoms. The topological polar surface area (TPSA) is 198 Å². The second kappa shape index (κ2) is 15.4. The van der Waals surface area contributed by atoms with Crippen molar-refractivity contribution in [3.05, 3.63) is 42.6 Å². The van der Waals surface area contributed by atoms with Crippen LogP contribution in [0.4, 0.5) is 9.93 Å². The van der Waals surface area contributed by atoms with Gasteiger partial charge < -0.3 is 40.2 Å². The predicted octanol–water partition coefficient (Wildman–Crippen LogP) is 4.66. The Morgan fingerprint density at radius 1 is 1.17 bits per heavy atom. The first-order valence-electron chi connectivity index (χ1n) is 17.6. The van der Waals surface area contributed by atoms with Crippen LogP contribution in [0.15, 0.2) is 42.6 Å². The van der Waals surface area contributed by atoms with Gasteiger partial charge in [-0.05, 0) is 58.6 Å². The molecule has 6 rings (SSSR count). The SMILES string of the molecule is COc1ccc2c(O[C@@H]3CC4C(=O)NC5(C(=O)O)CC5/C=C\CCCCCC(NC(=O)OC(C)(C)C)C(=O)N4C3)cc(-c3cnc(NC=O)s3)nc2c1. The van der Waals surface area contributed by atoms with E-state index in [2.05, 4.69) is 20.9 Å². The van der Waals surface area contributed by atoms with Crippen molar-refractivity contribution in [2.24, 2.45) is 5.92 Å². The van der Waals surface area contributed by atoms with Gasteiger partial charge in [-0.3, -0.25) is 14.4 Å². The number of ether oxygens (including phenoxy) is 3. The van der Waals surface area contributed by atoms with Gasteiger partial charge in [0.2, 0.25) is 18.2 Å². The summed E-state index contributed by atoms with van der Waals surface area (Å²) in [6.07, 6.45) is 8.02. The summed E-state index contributed by atoms with van der Waals surface area (Å²) in [5.41, 5.74) is -1.22. The number of aromatic nitrogens is 2. The number of pyridine rings is 1. The maximum atomic E-state index is 14.4. The largest absolute Gasteiger partial charge is 0.497 e. The Labute approximate surface area is 310 Å². The Morgan fingerprint density at radius 3 is 2.72 bits per heavy atom. The highest BCUT2D eigenvalue weighted by Gasteiger charge is 2.61. The molecule has 5 atom stereocenters. The van der Waals surface area contributed by atoms with Gasteiger partial charge in [-0.25, -0.2) is 19.6 Å². The third-order valence-electron chi connectivity index (χ3n) is 9.53. The Morgan fingerprint density at radius 2 is 1.98 bits per heavy atom. The zero-order valence-electron chi connectivity index (χ0n) is 30.0. The van der Waals surface area contributed by atoms with E-state index in [1.54, 1.807) is 58.3 Å². The number of carboxylic acids is 1. The summed E-state index contributed by atoms with van der Waals surface area (Å²) < 4.78 is 17.6. The van der Waals surface area contributed by atoms with E-state index in [9.17, 15) is 29.1 Å². The number of carbonyl (C=O) groups is 5. The second-order valence-electron chi connectivity index (χ2n) is 14.5. The Balaban J connectivity index is 1.34. The molecule has 4 heterocycles. The van der Waals surface area contributed by atoms with Gasteiger partial charge >= 0.3 is 12.1 Å². The molecule has 1 aliphatic carbocycles. The molecular weight excluding hydrogens is 705 g/mol. The fraction of sp³-hybridized carbons (Fsp3) is 0.486. The zero-order chi connectivity index (χ0) is 37.9. The van der Waals surface area contributed by atoms with Crippen LogP contribution in [0, 0.1) is 5.92 Å². The number of nitrogens with one attached hydrogen (secondary N) is 3. The highest BCUT2D eigenvalue weighted by Crippen LogP contribution is 2.45. The summed E-state index contributed by atoms with van der Waals surface area (Å²) in [5, 5.41) is 19.3. The number of hydrogen-bond acceptors (Lipinski definition) is 11. The minimum Gasteiger partial charge on any atom is -0.497 e. The van der Waals surface area contributed by atoms with Crippen LogP contribution in [-0.4, -0.2) is 93.2 Å². The first kappa shape index (κ1) is 37.5. The smallest absolute Gasteiger partial charge is 0.408 e. The number of aliphatic carboxylic acids is 1. The standard InChI is InChI=1S/C37H44N6O9S/c1-36(2,3)52-35(49)41-25-11-9-7-5-6-8-10-21-17-37(21,33(47)48)42-31(45)28-15-23(19-43(28)32(25)46)51-29-16-27(30-18-38-34(53-30)39-20-44)40-26-14-22(50-4)12-13-24(26)29/h8,10,12-14,16,18,20-21,23,25,28H,5-7,9,11,15,17,19H2,1-4H3,(H,41,49)(H,42,45)(H,47,48)(H,38,39,44)/b10-8-/t21?,23-,25?,28?,37?/m1/s1. The van der Waals surface area contributed by atoms with Gasteiger partial charge in [0, 0.05) is 36.1 Å². The lowest BCUT2D eigenvalue weighted by Gasteiger charge is -2.30. The highest BCUT2D eigenvalue weighted by atomic mass is 32.1. The maximum absolute atomic E-state index is 14.4. The molecule has 4 amide bonds. The molecule has 0 bridgehead atoms. The number of rotatable bonds is 8. The first-order chi connectivity index (χ1) is 25.3. The van der Waals surface area contributed by atoms with Gasteiger partial charge in [0.25, 0.3) is 0 Å². The number of anilines is 1. The number of nitrogens with zero attached hydrogens (tertiary/aromatic N) is 3. The van der Waals surface area contributed by atoms with Crippen LogP contribution >= 0.6 is 11.3 Å². The van der Waals surface area contributed by atoms with Crippen LogP contribution in [0.2, 0.25) is 0 Å². The van der Waals surface area contributed by atoms with Crippen LogP contribution in [0.3, 0.4) is 0 Å². The molecule has 0 radical (unpaired) electrons. The molecule has 1 saturated carbocycles. The summed E-state index contributed by atoms with van der Waals surface area (Å²) in [4.78, 5) is 76.1. The molecular formula is C37H44N6O9S. The van der Waals surface area contributed by atoms with E-state index in [0.29, 0.717) is 57.4 Å². The summed E-state index contributed by atoms with van der Waals surface area (Å²) >= 11 is 1.22. The van der Waals surface area contributed by atoms with Gasteiger partial charge in [0.1, 0.15) is 40.8 Å². The van der Waals surface area contributed by atoms with Crippen molar-refractivity contribution >= 4 is 57.7 Å². The van der Waals surface area contributed by atoms with Crippen molar-refractivity contribution in [2.75, 3.05) is 19.0 Å². The molecule has 1 saturated heterocycles. The lowest BCUT2D eigenvalue weighted by molar-refractivity contribution is -0.145. The molecule has 2 aromatic heterocycles. The van der Waals surface area contributed by atoms with Crippen molar-refractivity contribution in [3.63, 3.8) is 0 Å². The molecule has 282 valence electrons. The van der Waals surface area contributed by atoms with E-state index in [0.717, 1.165) is 19.3 Å². The minimum atomic E-state index is -1.48. The van der Waals surface area contributed by atoms with Crippen LogP contribution in [-0.2, 0) is 23.9 Å². The lowest BCUT2D eigenvalue weighted by atomic mass is 10.0. The fourth-order valence-corrected chi connectivity index (χ4v) is 7.55. The monoisotopic (exact) mass is 748 g/mol. The van der Waals surface area contributed by atoms with Crippen molar-refractivity contribution in [2.45, 2.75) is 95.0 Å². The van der Waals surface area contributed by atoms with Gasteiger partial charge in [-0.2, -0.15) is 0 Å². The quantitative estimate of drug-likeness (QED) is 0.185. The number of carboxylic acid groups (broad SMARTS) is 1. The van der Waals surface area contributed by atoms with E-state index in [4.69, 9.17) is 19.2 Å². The highest BCUT2D eigenvalue weighted by molar-refractivity contribution is 7.19. The van der Waals surface area contributed by atoms with Crippen LogP contribution in [0.25, 0.3) is 21.5 Å². The van der Waals surface area contributed by atoms with E-state index < -0.39 is 53.2 Å². The van der Waals surface area contributed by atoms with Crippen LogP contribution in [0.1, 0.15) is 65.7 Å². The first-order valence-corrected chi connectivity index (χ1v) is 18.5. The number of fused-ring (bicyclic) bond motifs is 3. The number of carbonyl (C=O) groups excluding carboxylic acids is 4. The van der Waals surface area contributed by atoms with Crippen molar-refractivity contribution in [1.29, 1.82) is 0 Å². The average molecular weight is 749 g/mol. The third kappa shape index (κ3) is 8.53. The summed E-state index contributed by atoms with van der Waals surface area (Å²) in [6.45, 7) is 5.16. The number of amides is 4. The van der Waals surface area contributed by atoms with Gasteiger partial charge in [0.05, 0.1) is 29.7 Å². The Hall–Kier alpha value is -5.25. The van der Waals surface area contributed by atoms with Gasteiger partial charge in [-0.15, -0.1) is 0 Å². The number of alkyl carbamates (subject to hydrolysis) is 1. The predicted molar refractivity (Wildman–Crippen MR) is 196 cm³/mol. The number of methoxy groups -OCH3 is 1. The lowest BCUT2D eigenvalue weighted by Crippen LogP contribution is -2.56. The van der Waals surface area contributed by atoms with Gasteiger partial charge in [-0.1, -0.05) is 36.3 Å². The zero-order valence-corrected chi connectivity index (χ0v) is 30.9. The Kier molecular flexibility index (Phi) is 10.9. The molecule has 0 spiro atoms. The van der Waals surface area contributed by atoms with E-state index in [-0.39, 0.29) is 25.3 Å². The molecule has 4 unspecified atom stereocenters. The second-order valence-corrected chi connectivity index (χ2v) is 15.5.